The Morgan fingerprint density at radius 3 is 2.50 bits per heavy atom. The third-order valence-electron chi connectivity index (χ3n) is 2.72. The molecule has 0 saturated carbocycles. The maximum Gasteiger partial charge on any atom is 0.339 e. The summed E-state index contributed by atoms with van der Waals surface area (Å²) in [6.07, 6.45) is 0. The number of sulfonamides is 1. The van der Waals surface area contributed by atoms with Gasteiger partial charge in [-0.05, 0) is 24.1 Å². The van der Waals surface area contributed by atoms with Crippen LogP contribution >= 0.6 is 0 Å². The minimum atomic E-state index is -3.79. The van der Waals surface area contributed by atoms with Crippen LogP contribution in [0.2, 0.25) is 0 Å². The van der Waals surface area contributed by atoms with Crippen LogP contribution in [0.25, 0.3) is 0 Å². The average Bonchev–Trinajstić information content (AvgIpc) is 2.36. The first-order valence-corrected chi connectivity index (χ1v) is 7.58. The molecule has 7 heteroatoms. The summed E-state index contributed by atoms with van der Waals surface area (Å²) in [6, 6.07) is 4.10. The molecule has 0 unspecified atom stereocenters. The molecule has 0 fully saturated rings. The number of rotatable bonds is 5. The summed E-state index contributed by atoms with van der Waals surface area (Å²) in [5.74, 6) is -0.543. The van der Waals surface area contributed by atoms with Crippen molar-refractivity contribution >= 4 is 21.7 Å². The molecule has 0 aromatic heterocycles. The number of ether oxygens (including phenoxy) is 1. The van der Waals surface area contributed by atoms with Crippen LogP contribution in [-0.4, -0.2) is 39.4 Å². The quantitative estimate of drug-likeness (QED) is 0.654. The van der Waals surface area contributed by atoms with E-state index in [1.54, 1.807) is 0 Å². The summed E-state index contributed by atoms with van der Waals surface area (Å²) in [5.41, 5.74) is 5.89. The molecular formula is C13H20N2O4S. The van der Waals surface area contributed by atoms with E-state index in [-0.39, 0.29) is 22.1 Å². The molecule has 0 aliphatic carbocycles. The molecule has 2 N–H and O–H groups in total. The van der Waals surface area contributed by atoms with Gasteiger partial charge in [0.2, 0.25) is 10.0 Å². The number of carbonyl (C=O) groups excluding carboxylic acids is 1. The summed E-state index contributed by atoms with van der Waals surface area (Å²) < 4.78 is 30.9. The van der Waals surface area contributed by atoms with E-state index in [1.165, 1.54) is 36.7 Å². The number of esters is 1. The van der Waals surface area contributed by atoms with Gasteiger partial charge < -0.3 is 10.5 Å². The van der Waals surface area contributed by atoms with Crippen LogP contribution in [0, 0.1) is 5.92 Å². The van der Waals surface area contributed by atoms with E-state index in [9.17, 15) is 13.2 Å². The van der Waals surface area contributed by atoms with Crippen LogP contribution in [-0.2, 0) is 14.8 Å². The summed E-state index contributed by atoms with van der Waals surface area (Å²) in [5, 5.41) is 0. The number of carbonyl (C=O) groups is 1. The fourth-order valence-electron chi connectivity index (χ4n) is 1.81. The molecule has 0 amide bonds. The maximum atomic E-state index is 12.5. The molecule has 0 aliphatic rings. The standard InChI is InChI=1S/C13H20N2O4S/c1-9(2)8-15(3)20(17,18)12-7-10(14)5-6-11(12)13(16)19-4/h5-7,9H,8,14H2,1-4H3. The lowest BCUT2D eigenvalue weighted by atomic mass is 10.2. The molecule has 6 nitrogen and oxygen atoms in total. The van der Waals surface area contributed by atoms with Crippen LogP contribution in [0.1, 0.15) is 24.2 Å². The van der Waals surface area contributed by atoms with Crippen LogP contribution in [0.3, 0.4) is 0 Å². The Hall–Kier alpha value is -1.60. The van der Waals surface area contributed by atoms with Gasteiger partial charge in [-0.2, -0.15) is 0 Å². The van der Waals surface area contributed by atoms with Crippen molar-refractivity contribution in [3.8, 4) is 0 Å². The second kappa shape index (κ2) is 6.23. The summed E-state index contributed by atoms with van der Waals surface area (Å²) in [6.45, 7) is 4.16. The third-order valence-corrected chi connectivity index (χ3v) is 4.58. The van der Waals surface area contributed by atoms with Gasteiger partial charge in [0.15, 0.2) is 0 Å². The molecule has 0 spiro atoms. The molecule has 1 aromatic rings. The lowest BCUT2D eigenvalue weighted by Crippen LogP contribution is -2.31. The highest BCUT2D eigenvalue weighted by Crippen LogP contribution is 2.23. The number of nitrogens with zero attached hydrogens (tertiary/aromatic N) is 1. The molecule has 0 heterocycles. The molecule has 1 aromatic carbocycles. The average molecular weight is 300 g/mol. The molecule has 112 valence electrons. The van der Waals surface area contributed by atoms with Gasteiger partial charge in [0.05, 0.1) is 17.6 Å². The fourth-order valence-corrected chi connectivity index (χ4v) is 3.36. The van der Waals surface area contributed by atoms with Gasteiger partial charge in [0, 0.05) is 19.3 Å². The van der Waals surface area contributed by atoms with Gasteiger partial charge in [0.25, 0.3) is 0 Å². The highest BCUT2D eigenvalue weighted by molar-refractivity contribution is 7.89. The van der Waals surface area contributed by atoms with Crippen LogP contribution in [0.15, 0.2) is 23.1 Å². The molecule has 0 saturated heterocycles. The Balaban J connectivity index is 3.36. The van der Waals surface area contributed by atoms with Gasteiger partial charge in [-0.25, -0.2) is 17.5 Å². The van der Waals surface area contributed by atoms with Crippen molar-refractivity contribution in [2.24, 2.45) is 5.92 Å². The number of benzene rings is 1. The molecule has 0 aliphatic heterocycles. The highest BCUT2D eigenvalue weighted by atomic mass is 32.2. The smallest absolute Gasteiger partial charge is 0.339 e. The Kier molecular flexibility index (Phi) is 5.13. The van der Waals surface area contributed by atoms with Crippen molar-refractivity contribution in [1.29, 1.82) is 0 Å². The Morgan fingerprint density at radius 1 is 1.40 bits per heavy atom. The van der Waals surface area contributed by atoms with Crippen molar-refractivity contribution < 1.29 is 17.9 Å². The second-order valence-electron chi connectivity index (χ2n) is 4.93. The zero-order valence-electron chi connectivity index (χ0n) is 12.1. The number of nitrogen functional groups attached to an aromatic ring is 1. The number of hydrogen-bond acceptors (Lipinski definition) is 5. The van der Waals surface area contributed by atoms with Gasteiger partial charge >= 0.3 is 5.97 Å². The van der Waals surface area contributed by atoms with Gasteiger partial charge in [-0.15, -0.1) is 0 Å². The summed E-state index contributed by atoms with van der Waals surface area (Å²) >= 11 is 0. The van der Waals surface area contributed by atoms with E-state index in [2.05, 4.69) is 4.74 Å². The zero-order chi connectivity index (χ0) is 15.5. The van der Waals surface area contributed by atoms with Crippen molar-refractivity contribution in [3.05, 3.63) is 23.8 Å². The molecule has 0 atom stereocenters. The van der Waals surface area contributed by atoms with E-state index in [0.717, 1.165) is 0 Å². The van der Waals surface area contributed by atoms with Gasteiger partial charge in [0.1, 0.15) is 0 Å². The summed E-state index contributed by atoms with van der Waals surface area (Å²) in [4.78, 5) is 11.6. The monoisotopic (exact) mass is 300 g/mol. The van der Waals surface area contributed by atoms with Crippen molar-refractivity contribution in [2.45, 2.75) is 18.7 Å². The van der Waals surface area contributed by atoms with E-state index in [4.69, 9.17) is 5.73 Å². The third kappa shape index (κ3) is 3.49. The lowest BCUT2D eigenvalue weighted by Gasteiger charge is -2.20. The Bertz CT molecular complexity index is 596. The molecule has 20 heavy (non-hydrogen) atoms. The van der Waals surface area contributed by atoms with E-state index in [0.29, 0.717) is 6.54 Å². The number of anilines is 1. The predicted molar refractivity (Wildman–Crippen MR) is 76.8 cm³/mol. The van der Waals surface area contributed by atoms with Crippen LogP contribution in [0.5, 0.6) is 0 Å². The van der Waals surface area contributed by atoms with Crippen molar-refractivity contribution in [2.75, 3.05) is 26.4 Å². The zero-order valence-corrected chi connectivity index (χ0v) is 12.9. The van der Waals surface area contributed by atoms with Gasteiger partial charge in [-0.1, -0.05) is 13.8 Å². The van der Waals surface area contributed by atoms with Crippen LogP contribution < -0.4 is 5.73 Å². The molecular weight excluding hydrogens is 280 g/mol. The number of nitrogens with two attached hydrogens (primary N) is 1. The maximum absolute atomic E-state index is 12.5. The first-order chi connectivity index (χ1) is 9.20. The predicted octanol–water partition coefficient (Wildman–Crippen LogP) is 1.33. The van der Waals surface area contributed by atoms with Crippen molar-refractivity contribution in [1.82, 2.24) is 4.31 Å². The largest absolute Gasteiger partial charge is 0.465 e. The Labute approximate surface area is 119 Å². The minimum absolute atomic E-state index is 0.0164. The number of methoxy groups -OCH3 is 1. The molecule has 0 bridgehead atoms. The van der Waals surface area contributed by atoms with E-state index < -0.39 is 16.0 Å². The number of hydrogen-bond donors (Lipinski definition) is 1. The minimum Gasteiger partial charge on any atom is -0.465 e. The SMILES string of the molecule is COC(=O)c1ccc(N)cc1S(=O)(=O)N(C)CC(C)C. The highest BCUT2D eigenvalue weighted by Gasteiger charge is 2.27. The lowest BCUT2D eigenvalue weighted by molar-refractivity contribution is 0.0596. The van der Waals surface area contributed by atoms with Crippen molar-refractivity contribution in [3.63, 3.8) is 0 Å². The molecule has 0 radical (unpaired) electrons. The van der Waals surface area contributed by atoms with Gasteiger partial charge in [-0.3, -0.25) is 0 Å². The Morgan fingerprint density at radius 2 is 2.00 bits per heavy atom. The van der Waals surface area contributed by atoms with E-state index in [1.807, 2.05) is 13.8 Å². The first-order valence-electron chi connectivity index (χ1n) is 6.14. The first kappa shape index (κ1) is 16.5. The normalized spacial score (nSPS) is 11.9. The topological polar surface area (TPSA) is 89.7 Å². The summed E-state index contributed by atoms with van der Waals surface area (Å²) in [7, 11) is -1.12. The molecule has 1 rings (SSSR count). The second-order valence-corrected chi connectivity index (χ2v) is 6.94. The van der Waals surface area contributed by atoms with E-state index >= 15 is 0 Å². The van der Waals surface area contributed by atoms with Crippen LogP contribution in [0.4, 0.5) is 5.69 Å². The fraction of sp³-hybridized carbons (Fsp3) is 0.462.